The number of nitrogens with one attached hydrogen (secondary N) is 2. The highest BCUT2D eigenvalue weighted by molar-refractivity contribution is 5.94. The number of nitrogens with zero attached hydrogens (tertiary/aromatic N) is 1. The van der Waals surface area contributed by atoms with Gasteiger partial charge in [-0.2, -0.15) is 0 Å². The number of aromatic nitrogens is 1. The van der Waals surface area contributed by atoms with Gasteiger partial charge in [-0.25, -0.2) is 4.98 Å². The molecule has 6 heteroatoms. The van der Waals surface area contributed by atoms with Crippen molar-refractivity contribution in [3.8, 4) is 0 Å². The SMILES string of the molecule is CC(=O)Nc1cc(NC(=O)C2CCC(C(C)(C)N)CC2)ccn1. The lowest BCUT2D eigenvalue weighted by Crippen LogP contribution is -2.43. The molecule has 0 aromatic carbocycles. The maximum atomic E-state index is 12.4. The third-order valence-corrected chi connectivity index (χ3v) is 4.48. The first-order valence-electron chi connectivity index (χ1n) is 8.09. The Kier molecular flexibility index (Phi) is 5.36. The number of nitrogens with two attached hydrogens (primary N) is 1. The summed E-state index contributed by atoms with van der Waals surface area (Å²) in [5, 5.41) is 5.52. The van der Waals surface area contributed by atoms with Crippen LogP contribution in [-0.4, -0.2) is 22.3 Å². The molecule has 23 heavy (non-hydrogen) atoms. The molecule has 1 fully saturated rings. The van der Waals surface area contributed by atoms with Gasteiger partial charge in [0.15, 0.2) is 0 Å². The number of amides is 2. The van der Waals surface area contributed by atoms with Crippen LogP contribution in [0.3, 0.4) is 0 Å². The van der Waals surface area contributed by atoms with Crippen LogP contribution in [-0.2, 0) is 9.59 Å². The Morgan fingerprint density at radius 1 is 1.22 bits per heavy atom. The van der Waals surface area contributed by atoms with Crippen LogP contribution in [0.15, 0.2) is 18.3 Å². The second kappa shape index (κ2) is 7.08. The van der Waals surface area contributed by atoms with Gasteiger partial charge in [0.25, 0.3) is 0 Å². The Balaban J connectivity index is 1.92. The zero-order valence-corrected chi connectivity index (χ0v) is 14.1. The van der Waals surface area contributed by atoms with Gasteiger partial charge in [0.05, 0.1) is 0 Å². The van der Waals surface area contributed by atoms with Gasteiger partial charge in [-0.1, -0.05) is 0 Å². The van der Waals surface area contributed by atoms with E-state index in [9.17, 15) is 9.59 Å². The maximum absolute atomic E-state index is 12.4. The van der Waals surface area contributed by atoms with E-state index in [-0.39, 0.29) is 23.3 Å². The lowest BCUT2D eigenvalue weighted by Gasteiger charge is -2.36. The summed E-state index contributed by atoms with van der Waals surface area (Å²) in [5.74, 6) is 0.760. The minimum atomic E-state index is -0.191. The van der Waals surface area contributed by atoms with Gasteiger partial charge in [-0.15, -0.1) is 0 Å². The van der Waals surface area contributed by atoms with E-state index in [2.05, 4.69) is 29.5 Å². The van der Waals surface area contributed by atoms with Crippen molar-refractivity contribution in [3.05, 3.63) is 18.3 Å². The van der Waals surface area contributed by atoms with Crippen molar-refractivity contribution in [2.45, 2.75) is 52.0 Å². The summed E-state index contributed by atoms with van der Waals surface area (Å²) in [6.45, 7) is 5.53. The van der Waals surface area contributed by atoms with Gasteiger partial charge in [-0.05, 0) is 51.5 Å². The topological polar surface area (TPSA) is 97.1 Å². The summed E-state index contributed by atoms with van der Waals surface area (Å²) >= 11 is 0. The zero-order chi connectivity index (χ0) is 17.0. The summed E-state index contributed by atoms with van der Waals surface area (Å²) in [7, 11) is 0. The first-order chi connectivity index (χ1) is 10.8. The predicted octanol–water partition coefficient (Wildman–Crippen LogP) is 2.52. The van der Waals surface area contributed by atoms with Crippen LogP contribution in [0.4, 0.5) is 11.5 Å². The van der Waals surface area contributed by atoms with Crippen molar-refractivity contribution >= 4 is 23.3 Å². The molecule has 1 aliphatic carbocycles. The monoisotopic (exact) mass is 318 g/mol. The average molecular weight is 318 g/mol. The number of pyridine rings is 1. The molecular formula is C17H26N4O2. The van der Waals surface area contributed by atoms with Crippen LogP contribution in [0.1, 0.15) is 46.5 Å². The van der Waals surface area contributed by atoms with Crippen molar-refractivity contribution in [3.63, 3.8) is 0 Å². The molecule has 1 aromatic rings. The van der Waals surface area contributed by atoms with Crippen molar-refractivity contribution in [1.29, 1.82) is 0 Å². The molecule has 4 N–H and O–H groups in total. The minimum absolute atomic E-state index is 0.0194. The van der Waals surface area contributed by atoms with Crippen LogP contribution in [0, 0.1) is 11.8 Å². The normalized spacial score (nSPS) is 21.6. The predicted molar refractivity (Wildman–Crippen MR) is 90.9 cm³/mol. The quantitative estimate of drug-likeness (QED) is 0.794. The number of hydrogen-bond acceptors (Lipinski definition) is 4. The van der Waals surface area contributed by atoms with Crippen LogP contribution in [0.25, 0.3) is 0 Å². The van der Waals surface area contributed by atoms with E-state index in [0.29, 0.717) is 17.4 Å². The van der Waals surface area contributed by atoms with Crippen molar-refractivity contribution in [2.75, 3.05) is 10.6 Å². The molecule has 0 spiro atoms. The number of anilines is 2. The van der Waals surface area contributed by atoms with Gasteiger partial charge in [0.1, 0.15) is 5.82 Å². The van der Waals surface area contributed by atoms with Crippen LogP contribution in [0.5, 0.6) is 0 Å². The molecule has 2 rings (SSSR count). The maximum Gasteiger partial charge on any atom is 0.227 e. The molecule has 1 heterocycles. The second-order valence-corrected chi connectivity index (χ2v) is 6.97. The van der Waals surface area contributed by atoms with Crippen LogP contribution in [0.2, 0.25) is 0 Å². The number of carbonyl (C=O) groups is 2. The van der Waals surface area contributed by atoms with E-state index < -0.39 is 0 Å². The van der Waals surface area contributed by atoms with E-state index in [1.54, 1.807) is 18.3 Å². The van der Waals surface area contributed by atoms with Crippen LogP contribution >= 0.6 is 0 Å². The number of rotatable bonds is 4. The Morgan fingerprint density at radius 3 is 2.43 bits per heavy atom. The smallest absolute Gasteiger partial charge is 0.227 e. The Morgan fingerprint density at radius 2 is 1.87 bits per heavy atom. The van der Waals surface area contributed by atoms with E-state index in [0.717, 1.165) is 25.7 Å². The molecule has 0 atom stereocenters. The highest BCUT2D eigenvalue weighted by Gasteiger charge is 2.32. The fourth-order valence-electron chi connectivity index (χ4n) is 3.10. The molecule has 2 amide bonds. The van der Waals surface area contributed by atoms with Gasteiger partial charge < -0.3 is 16.4 Å². The van der Waals surface area contributed by atoms with Gasteiger partial charge in [0, 0.05) is 36.3 Å². The fourth-order valence-corrected chi connectivity index (χ4v) is 3.10. The summed E-state index contributed by atoms with van der Waals surface area (Å²) in [6, 6.07) is 3.38. The Hall–Kier alpha value is -1.95. The Labute approximate surface area is 137 Å². The third kappa shape index (κ3) is 5.03. The van der Waals surface area contributed by atoms with Crippen LogP contribution < -0.4 is 16.4 Å². The summed E-state index contributed by atoms with van der Waals surface area (Å²) in [6.07, 6.45) is 5.25. The van der Waals surface area contributed by atoms with Gasteiger partial charge in [0.2, 0.25) is 11.8 Å². The first-order valence-corrected chi connectivity index (χ1v) is 8.09. The summed E-state index contributed by atoms with van der Waals surface area (Å²) in [4.78, 5) is 27.5. The molecule has 0 radical (unpaired) electrons. The van der Waals surface area contributed by atoms with Crippen molar-refractivity contribution in [2.24, 2.45) is 17.6 Å². The summed E-state index contributed by atoms with van der Waals surface area (Å²) in [5.41, 5.74) is 6.64. The highest BCUT2D eigenvalue weighted by atomic mass is 16.2. The third-order valence-electron chi connectivity index (χ3n) is 4.48. The van der Waals surface area contributed by atoms with Gasteiger partial charge >= 0.3 is 0 Å². The molecule has 0 unspecified atom stereocenters. The molecule has 126 valence electrons. The lowest BCUT2D eigenvalue weighted by atomic mass is 9.73. The lowest BCUT2D eigenvalue weighted by molar-refractivity contribution is -0.121. The number of carbonyl (C=O) groups excluding carboxylic acids is 2. The fraction of sp³-hybridized carbons (Fsp3) is 0.588. The molecule has 0 bridgehead atoms. The van der Waals surface area contributed by atoms with Crippen molar-refractivity contribution < 1.29 is 9.59 Å². The Bertz CT molecular complexity index is 572. The molecule has 0 aliphatic heterocycles. The van der Waals surface area contributed by atoms with E-state index >= 15 is 0 Å². The summed E-state index contributed by atoms with van der Waals surface area (Å²) < 4.78 is 0. The average Bonchev–Trinajstić information content (AvgIpc) is 2.46. The van der Waals surface area contributed by atoms with Crippen molar-refractivity contribution in [1.82, 2.24) is 4.98 Å². The largest absolute Gasteiger partial charge is 0.326 e. The molecule has 1 saturated carbocycles. The highest BCUT2D eigenvalue weighted by Crippen LogP contribution is 2.34. The zero-order valence-electron chi connectivity index (χ0n) is 14.1. The standard InChI is InChI=1S/C17H26N4O2/c1-11(22)20-15-10-14(8-9-19-15)21-16(23)12-4-6-13(7-5-12)17(2,3)18/h8-10,12-13H,4-7,18H2,1-3H3,(H2,19,20,21,22,23). The van der Waals surface area contributed by atoms with E-state index in [4.69, 9.17) is 5.73 Å². The molecular weight excluding hydrogens is 292 g/mol. The second-order valence-electron chi connectivity index (χ2n) is 6.97. The van der Waals surface area contributed by atoms with E-state index in [1.165, 1.54) is 6.92 Å². The minimum Gasteiger partial charge on any atom is -0.326 e. The molecule has 1 aliphatic rings. The molecule has 1 aromatic heterocycles. The molecule has 0 saturated heterocycles. The van der Waals surface area contributed by atoms with Gasteiger partial charge in [-0.3, -0.25) is 9.59 Å². The van der Waals surface area contributed by atoms with E-state index in [1.807, 2.05) is 0 Å². The molecule has 6 nitrogen and oxygen atoms in total. The first kappa shape index (κ1) is 17.4. The number of hydrogen-bond donors (Lipinski definition) is 3.